The third-order valence-corrected chi connectivity index (χ3v) is 4.11. The highest BCUT2D eigenvalue weighted by molar-refractivity contribution is 5.13. The Kier molecular flexibility index (Phi) is 4.30. The second kappa shape index (κ2) is 5.76. The molecule has 0 saturated carbocycles. The molecule has 0 aromatic carbocycles. The summed E-state index contributed by atoms with van der Waals surface area (Å²) in [6.45, 7) is 8.41. The third-order valence-electron chi connectivity index (χ3n) is 4.11. The molecule has 3 atom stereocenters. The van der Waals surface area contributed by atoms with Gasteiger partial charge in [0.05, 0.1) is 17.4 Å². The van der Waals surface area contributed by atoms with E-state index in [1.54, 1.807) is 12.4 Å². The van der Waals surface area contributed by atoms with E-state index in [1.165, 1.54) is 12.8 Å². The monoisotopic (exact) mass is 248 g/mol. The predicted molar refractivity (Wildman–Crippen MR) is 73.1 cm³/mol. The second-order valence-electron chi connectivity index (χ2n) is 5.46. The van der Waals surface area contributed by atoms with Crippen LogP contribution >= 0.6 is 0 Å². The molecule has 2 rings (SSSR count). The zero-order valence-corrected chi connectivity index (χ0v) is 11.6. The first-order valence-electron chi connectivity index (χ1n) is 6.86. The summed E-state index contributed by atoms with van der Waals surface area (Å²) in [5, 5.41) is 0. The number of nitrogens with two attached hydrogens (primary N) is 1. The Morgan fingerprint density at radius 1 is 1.44 bits per heavy atom. The van der Waals surface area contributed by atoms with Crippen LogP contribution in [0.1, 0.15) is 44.1 Å². The number of aryl methyl sites for hydroxylation is 1. The van der Waals surface area contributed by atoms with Gasteiger partial charge in [0, 0.05) is 25.0 Å². The number of nitrogens with zero attached hydrogens (tertiary/aromatic N) is 3. The van der Waals surface area contributed by atoms with Crippen molar-refractivity contribution in [2.24, 2.45) is 11.7 Å². The van der Waals surface area contributed by atoms with E-state index < -0.39 is 0 Å². The Labute approximate surface area is 110 Å². The Hall–Kier alpha value is -1.00. The molecule has 2 N–H and O–H groups in total. The van der Waals surface area contributed by atoms with E-state index in [0.717, 1.165) is 30.4 Å². The molecule has 0 radical (unpaired) electrons. The van der Waals surface area contributed by atoms with E-state index in [-0.39, 0.29) is 0 Å². The minimum Gasteiger partial charge on any atom is -0.329 e. The average Bonchev–Trinajstić information content (AvgIpc) is 2.38. The maximum atomic E-state index is 5.93. The fourth-order valence-electron chi connectivity index (χ4n) is 3.00. The van der Waals surface area contributed by atoms with Gasteiger partial charge in [-0.1, -0.05) is 6.92 Å². The molecule has 4 nitrogen and oxygen atoms in total. The first-order chi connectivity index (χ1) is 8.63. The standard InChI is InChI=1S/C14H24N4/c1-10-4-7-18(13(8-10)9-15)12(3)14-11(2)16-5-6-17-14/h5-6,10,12-13H,4,7-9,15H2,1-3H3. The molecule has 0 spiro atoms. The molecule has 100 valence electrons. The molecule has 0 amide bonds. The topological polar surface area (TPSA) is 55.0 Å². The molecule has 1 aromatic heterocycles. The van der Waals surface area contributed by atoms with Gasteiger partial charge in [-0.2, -0.15) is 0 Å². The van der Waals surface area contributed by atoms with Gasteiger partial charge in [0.15, 0.2) is 0 Å². The van der Waals surface area contributed by atoms with Gasteiger partial charge in [-0.3, -0.25) is 14.9 Å². The first-order valence-corrected chi connectivity index (χ1v) is 6.86. The van der Waals surface area contributed by atoms with Crippen LogP contribution < -0.4 is 5.73 Å². The van der Waals surface area contributed by atoms with Crippen molar-refractivity contribution in [3.63, 3.8) is 0 Å². The van der Waals surface area contributed by atoms with Gasteiger partial charge in [-0.15, -0.1) is 0 Å². The molecule has 1 saturated heterocycles. The van der Waals surface area contributed by atoms with Crippen LogP contribution in [0.3, 0.4) is 0 Å². The lowest BCUT2D eigenvalue weighted by atomic mass is 9.90. The van der Waals surface area contributed by atoms with Crippen molar-refractivity contribution in [3.8, 4) is 0 Å². The van der Waals surface area contributed by atoms with Crippen LogP contribution in [0.4, 0.5) is 0 Å². The molecule has 1 aliphatic heterocycles. The van der Waals surface area contributed by atoms with Crippen molar-refractivity contribution in [3.05, 3.63) is 23.8 Å². The zero-order valence-electron chi connectivity index (χ0n) is 11.6. The van der Waals surface area contributed by atoms with E-state index in [2.05, 4.69) is 28.7 Å². The molecule has 1 fully saturated rings. The van der Waals surface area contributed by atoms with Gasteiger partial charge in [-0.05, 0) is 39.2 Å². The van der Waals surface area contributed by atoms with Gasteiger partial charge in [-0.25, -0.2) is 0 Å². The van der Waals surface area contributed by atoms with Crippen LogP contribution in [-0.4, -0.2) is 34.0 Å². The highest BCUT2D eigenvalue weighted by Crippen LogP contribution is 2.30. The lowest BCUT2D eigenvalue weighted by Crippen LogP contribution is -2.47. The van der Waals surface area contributed by atoms with Crippen LogP contribution in [0.2, 0.25) is 0 Å². The lowest BCUT2D eigenvalue weighted by Gasteiger charge is -2.41. The summed E-state index contributed by atoms with van der Waals surface area (Å²) in [6.07, 6.45) is 5.98. The third kappa shape index (κ3) is 2.70. The number of hydrogen-bond donors (Lipinski definition) is 1. The van der Waals surface area contributed by atoms with Crippen molar-refractivity contribution < 1.29 is 0 Å². The van der Waals surface area contributed by atoms with E-state index >= 15 is 0 Å². The fraction of sp³-hybridized carbons (Fsp3) is 0.714. The predicted octanol–water partition coefficient (Wildman–Crippen LogP) is 1.91. The highest BCUT2D eigenvalue weighted by atomic mass is 15.2. The summed E-state index contributed by atoms with van der Waals surface area (Å²) >= 11 is 0. The summed E-state index contributed by atoms with van der Waals surface area (Å²) in [7, 11) is 0. The van der Waals surface area contributed by atoms with E-state index in [1.807, 2.05) is 6.92 Å². The van der Waals surface area contributed by atoms with Crippen LogP contribution in [0.25, 0.3) is 0 Å². The molecule has 1 aromatic rings. The highest BCUT2D eigenvalue weighted by Gasteiger charge is 2.30. The van der Waals surface area contributed by atoms with Crippen molar-refractivity contribution >= 4 is 0 Å². The van der Waals surface area contributed by atoms with Crippen molar-refractivity contribution in [1.29, 1.82) is 0 Å². The Balaban J connectivity index is 2.17. The molecule has 0 aliphatic carbocycles. The smallest absolute Gasteiger partial charge is 0.0784 e. The molecular formula is C14H24N4. The number of likely N-dealkylation sites (tertiary alicyclic amines) is 1. The quantitative estimate of drug-likeness (QED) is 0.887. The molecule has 18 heavy (non-hydrogen) atoms. The zero-order chi connectivity index (χ0) is 13.1. The van der Waals surface area contributed by atoms with Gasteiger partial charge >= 0.3 is 0 Å². The van der Waals surface area contributed by atoms with Crippen molar-refractivity contribution in [2.75, 3.05) is 13.1 Å². The molecule has 3 unspecified atom stereocenters. The Morgan fingerprint density at radius 2 is 2.17 bits per heavy atom. The number of rotatable bonds is 3. The normalized spacial score (nSPS) is 27.1. The Morgan fingerprint density at radius 3 is 2.83 bits per heavy atom. The van der Waals surface area contributed by atoms with E-state index in [9.17, 15) is 0 Å². The van der Waals surface area contributed by atoms with Gasteiger partial charge in [0.1, 0.15) is 0 Å². The maximum Gasteiger partial charge on any atom is 0.0784 e. The van der Waals surface area contributed by atoms with Crippen molar-refractivity contribution in [2.45, 2.75) is 45.7 Å². The number of piperidine rings is 1. The van der Waals surface area contributed by atoms with Crippen LogP contribution in [-0.2, 0) is 0 Å². The minimum atomic E-state index is 0.305. The van der Waals surface area contributed by atoms with Crippen LogP contribution in [0.15, 0.2) is 12.4 Å². The second-order valence-corrected chi connectivity index (χ2v) is 5.46. The summed E-state index contributed by atoms with van der Waals surface area (Å²) < 4.78 is 0. The average molecular weight is 248 g/mol. The van der Waals surface area contributed by atoms with Gasteiger partial charge in [0.2, 0.25) is 0 Å². The molecule has 0 bridgehead atoms. The first kappa shape index (κ1) is 13.4. The van der Waals surface area contributed by atoms with Crippen LogP contribution in [0, 0.1) is 12.8 Å². The summed E-state index contributed by atoms with van der Waals surface area (Å²) in [5.74, 6) is 0.782. The molecule has 1 aliphatic rings. The lowest BCUT2D eigenvalue weighted by molar-refractivity contribution is 0.0811. The largest absolute Gasteiger partial charge is 0.329 e. The summed E-state index contributed by atoms with van der Waals surface area (Å²) in [4.78, 5) is 11.3. The van der Waals surface area contributed by atoms with E-state index in [0.29, 0.717) is 12.1 Å². The number of aromatic nitrogens is 2. The summed E-state index contributed by atoms with van der Waals surface area (Å²) in [6, 6.07) is 0.782. The molecule has 4 heteroatoms. The molecule has 2 heterocycles. The SMILES string of the molecule is Cc1nccnc1C(C)N1CCC(C)CC1CN. The fourth-order valence-corrected chi connectivity index (χ4v) is 3.00. The van der Waals surface area contributed by atoms with Crippen molar-refractivity contribution in [1.82, 2.24) is 14.9 Å². The van der Waals surface area contributed by atoms with Crippen LogP contribution in [0.5, 0.6) is 0 Å². The minimum absolute atomic E-state index is 0.305. The van der Waals surface area contributed by atoms with Gasteiger partial charge in [0.25, 0.3) is 0 Å². The number of hydrogen-bond acceptors (Lipinski definition) is 4. The summed E-state index contributed by atoms with van der Waals surface area (Å²) in [5.41, 5.74) is 8.05. The van der Waals surface area contributed by atoms with Gasteiger partial charge < -0.3 is 5.73 Å². The van der Waals surface area contributed by atoms with E-state index in [4.69, 9.17) is 5.73 Å². The maximum absolute atomic E-state index is 5.93. The Bertz CT molecular complexity index is 393. The molecular weight excluding hydrogens is 224 g/mol.